The number of benzene rings is 3. The van der Waals surface area contributed by atoms with Crippen LogP contribution in [0, 0.1) is 12.3 Å². The summed E-state index contributed by atoms with van der Waals surface area (Å²) in [5.41, 5.74) is 10.4. The molecule has 7 nitrogen and oxygen atoms in total. The molecule has 3 aromatic carbocycles. The minimum atomic E-state index is -3.75. The molecule has 0 aliphatic carbocycles. The van der Waals surface area contributed by atoms with E-state index in [-0.39, 0.29) is 23.1 Å². The molecule has 0 atom stereocenters. The summed E-state index contributed by atoms with van der Waals surface area (Å²) in [6.45, 7) is 2.20. The van der Waals surface area contributed by atoms with E-state index in [1.807, 2.05) is 43.3 Å². The van der Waals surface area contributed by atoms with E-state index in [9.17, 15) is 13.2 Å². The molecule has 31 heavy (non-hydrogen) atoms. The van der Waals surface area contributed by atoms with Crippen LogP contribution in [0.5, 0.6) is 0 Å². The molecule has 0 fully saturated rings. The number of hydrogen-bond acceptors (Lipinski definition) is 4. The number of amides is 1. The second kappa shape index (κ2) is 9.11. The predicted molar refractivity (Wildman–Crippen MR) is 121 cm³/mol. The SMILES string of the molecule is Cc1cc(S(N)(=O)=O)ccc1-c1cccc(CC(=O)NCc2ccc(C(=N)N)cc2)c1. The quantitative estimate of drug-likeness (QED) is 0.334. The molecule has 0 aliphatic heterocycles. The van der Waals surface area contributed by atoms with Gasteiger partial charge < -0.3 is 11.1 Å². The lowest BCUT2D eigenvalue weighted by atomic mass is 9.98. The van der Waals surface area contributed by atoms with Crippen LogP contribution >= 0.6 is 0 Å². The Morgan fingerprint density at radius 1 is 1.00 bits per heavy atom. The number of primary sulfonamides is 1. The maximum absolute atomic E-state index is 12.4. The molecule has 0 aliphatic rings. The van der Waals surface area contributed by atoms with Gasteiger partial charge in [0.2, 0.25) is 15.9 Å². The van der Waals surface area contributed by atoms with Gasteiger partial charge in [0.1, 0.15) is 5.84 Å². The number of carbonyl (C=O) groups excluding carboxylic acids is 1. The van der Waals surface area contributed by atoms with E-state index in [0.29, 0.717) is 12.1 Å². The Morgan fingerprint density at radius 2 is 1.71 bits per heavy atom. The lowest BCUT2D eigenvalue weighted by Gasteiger charge is -2.10. The van der Waals surface area contributed by atoms with Crippen LogP contribution in [0.25, 0.3) is 11.1 Å². The van der Waals surface area contributed by atoms with Gasteiger partial charge in [-0.25, -0.2) is 13.6 Å². The third-order valence-corrected chi connectivity index (χ3v) is 5.79. The molecular formula is C23H24N4O3S. The molecule has 0 spiro atoms. The average Bonchev–Trinajstić information content (AvgIpc) is 2.72. The highest BCUT2D eigenvalue weighted by atomic mass is 32.2. The van der Waals surface area contributed by atoms with E-state index in [1.165, 1.54) is 6.07 Å². The number of nitrogen functional groups attached to an aromatic ring is 1. The smallest absolute Gasteiger partial charge is 0.238 e. The van der Waals surface area contributed by atoms with E-state index in [2.05, 4.69) is 5.32 Å². The summed E-state index contributed by atoms with van der Waals surface area (Å²) in [4.78, 5) is 12.5. The summed E-state index contributed by atoms with van der Waals surface area (Å²) < 4.78 is 23.1. The number of nitrogens with two attached hydrogens (primary N) is 2. The largest absolute Gasteiger partial charge is 0.384 e. The highest BCUT2D eigenvalue weighted by Gasteiger charge is 2.11. The molecule has 0 aromatic heterocycles. The molecular weight excluding hydrogens is 412 g/mol. The summed E-state index contributed by atoms with van der Waals surface area (Å²) in [6.07, 6.45) is 0.216. The second-order valence-corrected chi connectivity index (χ2v) is 8.85. The molecule has 3 rings (SSSR count). The first-order valence-electron chi connectivity index (χ1n) is 9.56. The van der Waals surface area contributed by atoms with Gasteiger partial charge in [-0.1, -0.05) is 54.6 Å². The number of nitrogens with one attached hydrogen (secondary N) is 2. The molecule has 6 N–H and O–H groups in total. The predicted octanol–water partition coefficient (Wildman–Crippen LogP) is 2.45. The van der Waals surface area contributed by atoms with E-state index in [1.54, 1.807) is 24.3 Å². The van der Waals surface area contributed by atoms with Crippen molar-refractivity contribution in [1.82, 2.24) is 5.32 Å². The topological polar surface area (TPSA) is 139 Å². The molecule has 0 saturated carbocycles. The summed E-state index contributed by atoms with van der Waals surface area (Å²) in [7, 11) is -3.75. The van der Waals surface area contributed by atoms with Crippen LogP contribution in [0.2, 0.25) is 0 Å². The van der Waals surface area contributed by atoms with Gasteiger partial charge in [0.15, 0.2) is 0 Å². The zero-order valence-corrected chi connectivity index (χ0v) is 17.9. The highest BCUT2D eigenvalue weighted by molar-refractivity contribution is 7.89. The molecule has 0 saturated heterocycles. The number of sulfonamides is 1. The number of amidine groups is 1. The number of rotatable bonds is 7. The fraction of sp³-hybridized carbons (Fsp3) is 0.130. The minimum Gasteiger partial charge on any atom is -0.384 e. The van der Waals surface area contributed by atoms with Crippen molar-refractivity contribution in [1.29, 1.82) is 5.41 Å². The van der Waals surface area contributed by atoms with Crippen LogP contribution in [0.4, 0.5) is 0 Å². The van der Waals surface area contributed by atoms with Gasteiger partial charge in [0, 0.05) is 12.1 Å². The first-order chi connectivity index (χ1) is 14.6. The monoisotopic (exact) mass is 436 g/mol. The Balaban J connectivity index is 1.67. The van der Waals surface area contributed by atoms with E-state index < -0.39 is 10.0 Å². The van der Waals surface area contributed by atoms with Crippen LogP contribution in [-0.2, 0) is 27.8 Å². The van der Waals surface area contributed by atoms with Gasteiger partial charge in [0.05, 0.1) is 11.3 Å². The second-order valence-electron chi connectivity index (χ2n) is 7.29. The standard InChI is InChI=1S/C23H24N4O3S/c1-15-11-20(31(26,29)30)9-10-21(15)19-4-2-3-17(12-19)13-22(28)27-14-16-5-7-18(8-6-16)23(24)25/h2-12H,13-14H2,1H3,(H3,24,25)(H,27,28)(H2,26,29,30). The molecule has 0 radical (unpaired) electrons. The lowest BCUT2D eigenvalue weighted by Crippen LogP contribution is -2.24. The Morgan fingerprint density at radius 3 is 2.32 bits per heavy atom. The Bertz CT molecular complexity index is 1240. The van der Waals surface area contributed by atoms with E-state index in [4.69, 9.17) is 16.3 Å². The van der Waals surface area contributed by atoms with Gasteiger partial charge in [-0.3, -0.25) is 10.2 Å². The maximum atomic E-state index is 12.4. The van der Waals surface area contributed by atoms with Crippen molar-refractivity contribution in [3.05, 3.63) is 89.0 Å². The summed E-state index contributed by atoms with van der Waals surface area (Å²) in [6, 6.07) is 19.5. The summed E-state index contributed by atoms with van der Waals surface area (Å²) in [5.74, 6) is -0.112. The van der Waals surface area contributed by atoms with Crippen molar-refractivity contribution in [3.63, 3.8) is 0 Å². The van der Waals surface area contributed by atoms with E-state index >= 15 is 0 Å². The number of carbonyl (C=O) groups is 1. The summed E-state index contributed by atoms with van der Waals surface area (Å²) in [5, 5.41) is 15.5. The van der Waals surface area contributed by atoms with Crippen molar-refractivity contribution >= 4 is 21.8 Å². The third-order valence-electron chi connectivity index (χ3n) is 4.88. The average molecular weight is 437 g/mol. The lowest BCUT2D eigenvalue weighted by molar-refractivity contribution is -0.120. The molecule has 0 heterocycles. The van der Waals surface area contributed by atoms with Crippen LogP contribution in [0.15, 0.2) is 71.6 Å². The van der Waals surface area contributed by atoms with Crippen molar-refractivity contribution in [2.45, 2.75) is 24.8 Å². The van der Waals surface area contributed by atoms with Crippen molar-refractivity contribution < 1.29 is 13.2 Å². The van der Waals surface area contributed by atoms with Crippen molar-refractivity contribution in [3.8, 4) is 11.1 Å². The van der Waals surface area contributed by atoms with Crippen LogP contribution in [0.3, 0.4) is 0 Å². The summed E-state index contributed by atoms with van der Waals surface area (Å²) >= 11 is 0. The normalized spacial score (nSPS) is 11.2. The van der Waals surface area contributed by atoms with Crippen LogP contribution in [0.1, 0.15) is 22.3 Å². The zero-order valence-electron chi connectivity index (χ0n) is 17.1. The molecule has 3 aromatic rings. The number of hydrogen-bond donors (Lipinski definition) is 4. The fourth-order valence-electron chi connectivity index (χ4n) is 3.24. The van der Waals surface area contributed by atoms with Crippen molar-refractivity contribution in [2.75, 3.05) is 0 Å². The first kappa shape index (κ1) is 22.2. The van der Waals surface area contributed by atoms with Gasteiger partial charge in [0.25, 0.3) is 0 Å². The Labute approximate surface area is 181 Å². The maximum Gasteiger partial charge on any atom is 0.238 e. The number of aryl methyl sites for hydroxylation is 1. The first-order valence-corrected chi connectivity index (χ1v) is 11.1. The molecule has 0 bridgehead atoms. The van der Waals surface area contributed by atoms with Gasteiger partial charge in [-0.2, -0.15) is 0 Å². The van der Waals surface area contributed by atoms with Crippen LogP contribution in [-0.4, -0.2) is 20.2 Å². The van der Waals surface area contributed by atoms with Gasteiger partial charge in [-0.15, -0.1) is 0 Å². The Hall–Kier alpha value is -3.49. The highest BCUT2D eigenvalue weighted by Crippen LogP contribution is 2.26. The van der Waals surface area contributed by atoms with E-state index in [0.717, 1.165) is 27.8 Å². The zero-order chi connectivity index (χ0) is 22.6. The van der Waals surface area contributed by atoms with Crippen LogP contribution < -0.4 is 16.2 Å². The van der Waals surface area contributed by atoms with Gasteiger partial charge in [-0.05, 0) is 46.9 Å². The molecule has 160 valence electrons. The molecule has 8 heteroatoms. The van der Waals surface area contributed by atoms with Gasteiger partial charge >= 0.3 is 0 Å². The minimum absolute atomic E-state index is 0.00463. The Kier molecular flexibility index (Phi) is 6.53. The molecule has 0 unspecified atom stereocenters. The molecule has 1 amide bonds. The fourth-order valence-corrected chi connectivity index (χ4v) is 3.84. The third kappa shape index (κ3) is 5.78. The van der Waals surface area contributed by atoms with Crippen molar-refractivity contribution in [2.24, 2.45) is 10.9 Å².